The maximum absolute atomic E-state index is 11.5. The van der Waals surface area contributed by atoms with Crippen molar-refractivity contribution in [1.29, 1.82) is 0 Å². The lowest BCUT2D eigenvalue weighted by Crippen LogP contribution is -2.38. The number of thioether (sulfide) groups is 1. The molecule has 1 aromatic rings. The van der Waals surface area contributed by atoms with Crippen molar-refractivity contribution in [2.75, 3.05) is 19.8 Å². The lowest BCUT2D eigenvalue weighted by molar-refractivity contribution is -0.147. The summed E-state index contributed by atoms with van der Waals surface area (Å²) in [5, 5.41) is 6.39. The van der Waals surface area contributed by atoms with Gasteiger partial charge >= 0.3 is 5.97 Å². The largest absolute Gasteiger partial charge is 0.463 e. The van der Waals surface area contributed by atoms with E-state index in [2.05, 4.69) is 47.0 Å². The van der Waals surface area contributed by atoms with Crippen molar-refractivity contribution < 1.29 is 9.53 Å². The van der Waals surface area contributed by atoms with Crippen LogP contribution in [0.4, 0.5) is 0 Å². The molecule has 24 heavy (non-hydrogen) atoms. The van der Waals surface area contributed by atoms with E-state index in [0.717, 1.165) is 0 Å². The molecule has 5 nitrogen and oxygen atoms in total. The third-order valence-corrected chi connectivity index (χ3v) is 3.92. The summed E-state index contributed by atoms with van der Waals surface area (Å²) in [7, 11) is 1.71. The van der Waals surface area contributed by atoms with Gasteiger partial charge in [-0.15, -0.1) is 35.7 Å². The molecule has 2 N–H and O–H groups in total. The maximum Gasteiger partial charge on any atom is 0.307 e. The molecular weight excluding hydrogens is 437 g/mol. The van der Waals surface area contributed by atoms with Crippen molar-refractivity contribution in [3.8, 4) is 0 Å². The molecule has 0 unspecified atom stereocenters. The summed E-state index contributed by atoms with van der Waals surface area (Å²) in [6.07, 6.45) is 2.32. The quantitative estimate of drug-likeness (QED) is 0.213. The van der Waals surface area contributed by atoms with Crippen LogP contribution < -0.4 is 10.6 Å². The minimum Gasteiger partial charge on any atom is -0.463 e. The fourth-order valence-corrected chi connectivity index (χ4v) is 2.71. The van der Waals surface area contributed by atoms with Crippen LogP contribution in [0.2, 0.25) is 0 Å². The number of ether oxygens (including phenoxy) is 1. The number of rotatable bonds is 7. The number of guanidine groups is 1. The van der Waals surface area contributed by atoms with Gasteiger partial charge in [0.05, 0.1) is 12.5 Å². The molecular formula is C17H28IN3O2S. The highest BCUT2D eigenvalue weighted by Crippen LogP contribution is 2.21. The third kappa shape index (κ3) is 8.77. The molecule has 0 atom stereocenters. The SMILES string of the molecule is CN=C(NCCC(=O)OC(C)C)NCc1ccc(C)cc1SC.I. The fourth-order valence-electron chi connectivity index (χ4n) is 2.00. The monoisotopic (exact) mass is 465 g/mol. The Morgan fingerprint density at radius 3 is 2.62 bits per heavy atom. The van der Waals surface area contributed by atoms with Gasteiger partial charge in [-0.25, -0.2) is 0 Å². The molecule has 0 heterocycles. The van der Waals surface area contributed by atoms with Gasteiger partial charge in [0.1, 0.15) is 0 Å². The van der Waals surface area contributed by atoms with Crippen LogP contribution in [0.25, 0.3) is 0 Å². The van der Waals surface area contributed by atoms with E-state index in [9.17, 15) is 4.79 Å². The van der Waals surface area contributed by atoms with Crippen molar-refractivity contribution in [1.82, 2.24) is 10.6 Å². The highest BCUT2D eigenvalue weighted by molar-refractivity contribution is 14.0. The Labute approximate surface area is 166 Å². The van der Waals surface area contributed by atoms with Crippen LogP contribution in [-0.2, 0) is 16.1 Å². The van der Waals surface area contributed by atoms with E-state index in [1.54, 1.807) is 18.8 Å². The van der Waals surface area contributed by atoms with Crippen molar-refractivity contribution in [2.45, 2.75) is 44.7 Å². The molecule has 0 spiro atoms. The second-order valence-corrected chi connectivity index (χ2v) is 6.30. The summed E-state index contributed by atoms with van der Waals surface area (Å²) in [6.45, 7) is 6.96. The summed E-state index contributed by atoms with van der Waals surface area (Å²) in [4.78, 5) is 16.9. The maximum atomic E-state index is 11.5. The molecule has 7 heteroatoms. The molecule has 0 radical (unpaired) electrons. The van der Waals surface area contributed by atoms with E-state index in [1.165, 1.54) is 16.0 Å². The molecule has 0 amide bonds. The number of aryl methyl sites for hydroxylation is 1. The average molecular weight is 465 g/mol. The number of nitrogens with one attached hydrogen (secondary N) is 2. The van der Waals surface area contributed by atoms with Crippen LogP contribution in [0.3, 0.4) is 0 Å². The minimum atomic E-state index is -0.203. The zero-order valence-electron chi connectivity index (χ0n) is 15.0. The summed E-state index contributed by atoms with van der Waals surface area (Å²) >= 11 is 1.73. The summed E-state index contributed by atoms with van der Waals surface area (Å²) in [5.41, 5.74) is 2.48. The van der Waals surface area contributed by atoms with Crippen LogP contribution in [0.1, 0.15) is 31.4 Å². The molecule has 0 aliphatic carbocycles. The zero-order chi connectivity index (χ0) is 17.2. The first-order valence-corrected chi connectivity index (χ1v) is 8.96. The van der Waals surface area contributed by atoms with Gasteiger partial charge in [0.25, 0.3) is 0 Å². The predicted molar refractivity (Wildman–Crippen MR) is 112 cm³/mol. The number of benzene rings is 1. The standard InChI is InChI=1S/C17H27N3O2S.HI/c1-12(2)22-16(21)8-9-19-17(18-4)20-11-14-7-6-13(3)10-15(14)23-5;/h6-7,10,12H,8-9,11H2,1-5H3,(H2,18,19,20);1H. The lowest BCUT2D eigenvalue weighted by atomic mass is 10.1. The van der Waals surface area contributed by atoms with Gasteiger partial charge in [-0.3, -0.25) is 9.79 Å². The van der Waals surface area contributed by atoms with E-state index < -0.39 is 0 Å². The van der Waals surface area contributed by atoms with Gasteiger partial charge in [-0.1, -0.05) is 12.1 Å². The Bertz CT molecular complexity index is 551. The van der Waals surface area contributed by atoms with Crippen molar-refractivity contribution in [3.63, 3.8) is 0 Å². The number of esters is 1. The van der Waals surface area contributed by atoms with E-state index in [0.29, 0.717) is 25.5 Å². The zero-order valence-corrected chi connectivity index (χ0v) is 18.2. The Morgan fingerprint density at radius 2 is 2.04 bits per heavy atom. The molecule has 1 rings (SSSR count). The molecule has 0 aliphatic rings. The van der Waals surface area contributed by atoms with E-state index in [1.807, 2.05) is 13.8 Å². The molecule has 136 valence electrons. The topological polar surface area (TPSA) is 62.7 Å². The number of nitrogens with zero attached hydrogens (tertiary/aromatic N) is 1. The first-order chi connectivity index (χ1) is 11.0. The molecule has 0 bridgehead atoms. The van der Waals surface area contributed by atoms with Gasteiger partial charge in [-0.05, 0) is 44.2 Å². The van der Waals surface area contributed by atoms with E-state index in [-0.39, 0.29) is 36.0 Å². The summed E-state index contributed by atoms with van der Waals surface area (Å²) < 4.78 is 5.09. The van der Waals surface area contributed by atoms with Gasteiger partial charge in [0.15, 0.2) is 5.96 Å². The van der Waals surface area contributed by atoms with Gasteiger partial charge < -0.3 is 15.4 Å². The number of carbonyl (C=O) groups is 1. The molecule has 0 aromatic heterocycles. The highest BCUT2D eigenvalue weighted by atomic mass is 127. The van der Waals surface area contributed by atoms with Gasteiger partial charge in [0.2, 0.25) is 0 Å². The summed E-state index contributed by atoms with van der Waals surface area (Å²) in [5.74, 6) is 0.473. The predicted octanol–water partition coefficient (Wildman–Crippen LogP) is 3.34. The Kier molecular flexibility index (Phi) is 11.9. The Hall–Kier alpha value is -0.960. The number of hydrogen-bond donors (Lipinski definition) is 2. The van der Waals surface area contributed by atoms with Crippen molar-refractivity contribution in [3.05, 3.63) is 29.3 Å². The second-order valence-electron chi connectivity index (χ2n) is 5.46. The lowest BCUT2D eigenvalue weighted by Gasteiger charge is -2.14. The second kappa shape index (κ2) is 12.4. The number of carbonyl (C=O) groups excluding carboxylic acids is 1. The van der Waals surface area contributed by atoms with Crippen LogP contribution in [-0.4, -0.2) is 37.9 Å². The number of aliphatic imine (C=N–C) groups is 1. The van der Waals surface area contributed by atoms with Crippen LogP contribution in [0.15, 0.2) is 28.1 Å². The minimum absolute atomic E-state index is 0. The Morgan fingerprint density at radius 1 is 1.33 bits per heavy atom. The summed E-state index contributed by atoms with van der Waals surface area (Å²) in [6, 6.07) is 6.41. The molecule has 0 saturated carbocycles. The molecule has 0 fully saturated rings. The number of hydrogen-bond acceptors (Lipinski definition) is 4. The average Bonchev–Trinajstić information content (AvgIpc) is 2.50. The molecule has 1 aromatic carbocycles. The highest BCUT2D eigenvalue weighted by Gasteiger charge is 2.07. The molecule has 0 aliphatic heterocycles. The van der Waals surface area contributed by atoms with Crippen LogP contribution >= 0.6 is 35.7 Å². The third-order valence-electron chi connectivity index (χ3n) is 3.10. The van der Waals surface area contributed by atoms with E-state index >= 15 is 0 Å². The van der Waals surface area contributed by atoms with Crippen molar-refractivity contribution >= 4 is 47.7 Å². The molecule has 0 saturated heterocycles. The fraction of sp³-hybridized carbons (Fsp3) is 0.529. The Balaban J connectivity index is 0.00000529. The van der Waals surface area contributed by atoms with Crippen LogP contribution in [0.5, 0.6) is 0 Å². The van der Waals surface area contributed by atoms with Crippen LogP contribution in [0, 0.1) is 6.92 Å². The van der Waals surface area contributed by atoms with E-state index in [4.69, 9.17) is 4.74 Å². The normalized spacial score (nSPS) is 11.0. The smallest absolute Gasteiger partial charge is 0.307 e. The first kappa shape index (κ1) is 23.0. The number of halogens is 1. The van der Waals surface area contributed by atoms with Crippen molar-refractivity contribution in [2.24, 2.45) is 4.99 Å². The van der Waals surface area contributed by atoms with Gasteiger partial charge in [0, 0.05) is 25.0 Å². The van der Waals surface area contributed by atoms with Gasteiger partial charge in [-0.2, -0.15) is 0 Å². The first-order valence-electron chi connectivity index (χ1n) is 7.73.